The third-order valence-electron chi connectivity index (χ3n) is 6.01. The largest absolute Gasteiger partial charge is 1.00 e. The molecule has 1 fully saturated rings. The molecule has 1 aliphatic carbocycles. The number of carbonyl (C=O) groups is 1. The number of piperazine rings is 1. The number of amides is 1. The number of allylic oxidation sites excluding steroid dienone is 4. The van der Waals surface area contributed by atoms with Gasteiger partial charge >= 0.3 is 17.4 Å². The Morgan fingerprint density at radius 3 is 2.79 bits per heavy atom. The predicted octanol–water partition coefficient (Wildman–Crippen LogP) is -3.16. The van der Waals surface area contributed by atoms with Crippen molar-refractivity contribution in [3.63, 3.8) is 0 Å². The number of aliphatic hydroxyl groups excluding tert-OH is 1. The molecule has 10 nitrogen and oxygen atoms in total. The number of aromatic nitrogens is 4. The van der Waals surface area contributed by atoms with Crippen molar-refractivity contribution in [3.8, 4) is 11.4 Å². The van der Waals surface area contributed by atoms with Gasteiger partial charge < -0.3 is 17.5 Å². The summed E-state index contributed by atoms with van der Waals surface area (Å²) in [5.41, 5.74) is 0.0274. The molecule has 33 heavy (non-hydrogen) atoms. The molecule has 0 aromatic carbocycles. The van der Waals surface area contributed by atoms with Crippen molar-refractivity contribution in [1.82, 2.24) is 29.5 Å². The highest BCUT2D eigenvalue weighted by Gasteiger charge is 2.41. The molecule has 1 amide bonds. The molecular weight excluding hydrogens is 453 g/mol. The highest BCUT2D eigenvalue weighted by atomic mass is 35.5. The quantitative estimate of drug-likeness (QED) is 0.449. The number of H-pyrrole nitrogens is 1. The fraction of sp³-hybridized carbons (Fsp3) is 0.381. The molecular formula is C21H23ClFN7O3. The second-order valence-corrected chi connectivity index (χ2v) is 7.90. The van der Waals surface area contributed by atoms with Gasteiger partial charge in [-0.05, 0) is 23.2 Å². The lowest BCUT2D eigenvalue weighted by Gasteiger charge is -2.33. The summed E-state index contributed by atoms with van der Waals surface area (Å²) < 4.78 is 17.9. The summed E-state index contributed by atoms with van der Waals surface area (Å²) in [6.45, 7) is 3.58. The molecule has 2 aromatic heterocycles. The molecule has 174 valence electrons. The summed E-state index contributed by atoms with van der Waals surface area (Å²) >= 11 is 0. The maximum atomic E-state index is 15.2. The van der Waals surface area contributed by atoms with Crippen molar-refractivity contribution in [1.29, 1.82) is 0 Å². The van der Waals surface area contributed by atoms with Crippen LogP contribution in [0.15, 0.2) is 47.2 Å². The van der Waals surface area contributed by atoms with Gasteiger partial charge in [-0.2, -0.15) is 9.67 Å². The highest BCUT2D eigenvalue weighted by Crippen LogP contribution is 2.35. The van der Waals surface area contributed by atoms with E-state index in [4.69, 9.17) is 5.11 Å². The van der Waals surface area contributed by atoms with Crippen molar-refractivity contribution >= 4 is 17.4 Å². The third-order valence-corrected chi connectivity index (χ3v) is 6.01. The minimum atomic E-state index is -0.833. The minimum Gasteiger partial charge on any atom is -1.00 e. The summed E-state index contributed by atoms with van der Waals surface area (Å²) in [7, 11) is 0. The molecule has 3 aliphatic rings. The maximum Gasteiger partial charge on any atom is 0.344 e. The van der Waals surface area contributed by atoms with E-state index in [1.165, 1.54) is 27.5 Å². The molecule has 1 saturated heterocycles. The van der Waals surface area contributed by atoms with Gasteiger partial charge in [-0.15, -0.1) is 0 Å². The van der Waals surface area contributed by atoms with Gasteiger partial charge in [-0.3, -0.25) is 14.4 Å². The van der Waals surface area contributed by atoms with Gasteiger partial charge in [0.1, 0.15) is 24.3 Å². The molecule has 2 aliphatic heterocycles. The number of nitrogens with zero attached hydrogens (tertiary/aromatic N) is 6. The van der Waals surface area contributed by atoms with E-state index >= 15 is 4.39 Å². The number of β-amino-alcohol motifs (C(OH)–C–C–N with tert-alkyl or cyclic N) is 1. The van der Waals surface area contributed by atoms with Gasteiger partial charge in [0.25, 0.3) is 0 Å². The lowest BCUT2D eigenvalue weighted by Crippen LogP contribution is -3.00. The number of fused-ring (bicyclic) bond motifs is 5. The van der Waals surface area contributed by atoms with Gasteiger partial charge in [-0.25, -0.2) is 19.1 Å². The third kappa shape index (κ3) is 4.08. The van der Waals surface area contributed by atoms with Gasteiger partial charge in [-0.1, -0.05) is 12.2 Å². The van der Waals surface area contributed by atoms with Crippen molar-refractivity contribution in [2.24, 2.45) is 0 Å². The first-order chi connectivity index (χ1) is 15.6. The van der Waals surface area contributed by atoms with E-state index in [0.717, 1.165) is 13.1 Å². The zero-order valence-electron chi connectivity index (χ0n) is 17.7. The number of halogens is 2. The normalized spacial score (nSPS) is 20.3. The van der Waals surface area contributed by atoms with E-state index in [1.807, 2.05) is 4.90 Å². The predicted molar refractivity (Wildman–Crippen MR) is 113 cm³/mol. The Balaban J connectivity index is 0.00000259. The summed E-state index contributed by atoms with van der Waals surface area (Å²) in [4.78, 5) is 34.7. The average Bonchev–Trinajstić information content (AvgIpc) is 3.11. The van der Waals surface area contributed by atoms with Crippen LogP contribution in [-0.4, -0.2) is 96.7 Å². The zero-order chi connectivity index (χ0) is 22.2. The van der Waals surface area contributed by atoms with Crippen LogP contribution in [0.25, 0.3) is 11.4 Å². The Morgan fingerprint density at radius 1 is 1.27 bits per heavy atom. The Labute approximate surface area is 194 Å². The lowest BCUT2D eigenvalue weighted by atomic mass is 10.0. The molecule has 0 bridgehead atoms. The first-order valence-electron chi connectivity index (χ1n) is 10.5. The van der Waals surface area contributed by atoms with Crippen LogP contribution in [0, 0.1) is 0 Å². The Morgan fingerprint density at radius 2 is 2.03 bits per heavy atom. The number of nitrogens with one attached hydrogen (secondary N) is 1. The van der Waals surface area contributed by atoms with Crippen LogP contribution in [0.5, 0.6) is 0 Å². The van der Waals surface area contributed by atoms with Crippen molar-refractivity contribution in [2.45, 2.75) is 6.04 Å². The fourth-order valence-electron chi connectivity index (χ4n) is 4.45. The molecule has 1 atom stereocenters. The van der Waals surface area contributed by atoms with Crippen molar-refractivity contribution < 1.29 is 31.3 Å². The average molecular weight is 476 g/mol. The van der Waals surface area contributed by atoms with Crippen LogP contribution < -0.4 is 18.1 Å². The van der Waals surface area contributed by atoms with Gasteiger partial charge in [0.2, 0.25) is 0 Å². The highest BCUT2D eigenvalue weighted by molar-refractivity contribution is 6.04. The summed E-state index contributed by atoms with van der Waals surface area (Å²) in [5.74, 6) is -0.390. The van der Waals surface area contributed by atoms with Gasteiger partial charge in [0.05, 0.1) is 6.61 Å². The molecule has 0 spiro atoms. The first-order valence-corrected chi connectivity index (χ1v) is 10.5. The topological polar surface area (TPSA) is 110 Å². The Bertz CT molecular complexity index is 1210. The van der Waals surface area contributed by atoms with E-state index in [2.05, 4.69) is 20.1 Å². The van der Waals surface area contributed by atoms with Crippen molar-refractivity contribution in [2.75, 3.05) is 45.9 Å². The monoisotopic (exact) mass is 475 g/mol. The maximum absolute atomic E-state index is 15.2. The van der Waals surface area contributed by atoms with E-state index in [0.29, 0.717) is 31.0 Å². The number of aliphatic hydroxyl groups is 1. The van der Waals surface area contributed by atoms with Crippen molar-refractivity contribution in [3.05, 3.63) is 52.9 Å². The summed E-state index contributed by atoms with van der Waals surface area (Å²) in [6, 6.07) is 2.57. The van der Waals surface area contributed by atoms with Crippen LogP contribution in [0.1, 0.15) is 6.04 Å². The molecule has 0 saturated carbocycles. The second kappa shape index (κ2) is 9.48. The lowest BCUT2D eigenvalue weighted by molar-refractivity contribution is -0.373. The zero-order valence-corrected chi connectivity index (χ0v) is 18.5. The molecule has 0 radical (unpaired) electrons. The smallest absolute Gasteiger partial charge is 0.344 e. The number of hydrogen-bond donors (Lipinski definition) is 2. The molecule has 1 unspecified atom stereocenters. The number of hydrogen-bond acceptors (Lipinski definition) is 7. The number of aromatic amines is 1. The Hall–Kier alpha value is -2.99. The van der Waals surface area contributed by atoms with Crippen LogP contribution in [0.2, 0.25) is 0 Å². The molecule has 2 N–H and O–H groups in total. The van der Waals surface area contributed by atoms with E-state index in [9.17, 15) is 9.59 Å². The molecule has 4 heterocycles. The summed E-state index contributed by atoms with van der Waals surface area (Å²) in [6.07, 6.45) is 6.00. The molecule has 12 heteroatoms. The molecule has 5 rings (SSSR count). The van der Waals surface area contributed by atoms with Crippen LogP contribution >= 0.6 is 0 Å². The fourth-order valence-corrected chi connectivity index (χ4v) is 4.45. The van der Waals surface area contributed by atoms with E-state index in [-0.39, 0.29) is 43.0 Å². The van der Waals surface area contributed by atoms with Gasteiger partial charge in [0, 0.05) is 32.7 Å². The van der Waals surface area contributed by atoms with Crippen LogP contribution in [-0.2, 0) is 4.79 Å². The SMILES string of the molecule is O=C(CN1CCN(CCO)CC1)[N+]1=C2C(F)=CC=CC2n2c(n[nH]c2=O)-c2cccnc21.[Cl-]. The van der Waals surface area contributed by atoms with Gasteiger partial charge in [0.15, 0.2) is 17.4 Å². The first kappa shape index (κ1) is 23.2. The Kier molecular flexibility index (Phi) is 6.66. The summed E-state index contributed by atoms with van der Waals surface area (Å²) in [5, 5.41) is 15.7. The standard InChI is InChI=1S/C21H22FN7O3.ClH/c22-15-4-1-5-16-18(15)29(17(31)13-27-9-7-26(8-10-27)11-12-30)19-14(3-2-6-23-19)20-24-25-21(32)28(16)20;/h1-6,16,30H,7-13H2;1H. The minimum absolute atomic E-state index is 0. The molecule has 2 aromatic rings. The van der Waals surface area contributed by atoms with E-state index < -0.39 is 17.6 Å². The van der Waals surface area contributed by atoms with Crippen LogP contribution in [0.3, 0.4) is 0 Å². The number of pyridine rings is 1. The second-order valence-electron chi connectivity index (χ2n) is 7.90. The van der Waals surface area contributed by atoms with Crippen LogP contribution in [0.4, 0.5) is 10.2 Å². The number of carbonyl (C=O) groups excluding carboxylic acids is 1. The number of rotatable bonds is 4. The van der Waals surface area contributed by atoms with E-state index in [1.54, 1.807) is 18.2 Å².